The van der Waals surface area contributed by atoms with E-state index in [0.717, 1.165) is 5.56 Å². The lowest BCUT2D eigenvalue weighted by atomic mass is 10.2. The van der Waals surface area contributed by atoms with Gasteiger partial charge in [-0.05, 0) is 50.2 Å². The molecule has 0 unspecified atom stereocenters. The third kappa shape index (κ3) is 6.13. The minimum absolute atomic E-state index is 0.186. The van der Waals surface area contributed by atoms with Crippen molar-refractivity contribution in [2.45, 2.75) is 18.7 Å². The molecule has 0 bridgehead atoms. The molecule has 2 aromatic carbocycles. The van der Waals surface area contributed by atoms with Gasteiger partial charge in [-0.25, -0.2) is 8.42 Å². The summed E-state index contributed by atoms with van der Waals surface area (Å²) in [5.41, 5.74) is 1.41. The highest BCUT2D eigenvalue weighted by atomic mass is 32.2. The number of likely N-dealkylation sites (N-methyl/N-ethyl adjacent to an activating group) is 1. The van der Waals surface area contributed by atoms with E-state index < -0.39 is 21.8 Å². The monoisotopic (exact) mass is 486 g/mol. The molecule has 0 atom stereocenters. The highest BCUT2D eigenvalue weighted by Crippen LogP contribution is 2.24. The number of hydrogen-bond acceptors (Lipinski definition) is 7. The van der Waals surface area contributed by atoms with Gasteiger partial charge in [0.1, 0.15) is 11.5 Å². The SMILES string of the molecule is Cc1ccc(S(=O)(=O)N(C)c2ccc(OCC(=O)N(C)CC(=O)Nc3cc(C)on3)cc2)cc1. The summed E-state index contributed by atoms with van der Waals surface area (Å²) < 4.78 is 37.2. The predicted octanol–water partition coefficient (Wildman–Crippen LogP) is 2.59. The van der Waals surface area contributed by atoms with Gasteiger partial charge in [0.05, 0.1) is 17.1 Å². The van der Waals surface area contributed by atoms with Crippen molar-refractivity contribution >= 4 is 33.3 Å². The minimum Gasteiger partial charge on any atom is -0.484 e. The lowest BCUT2D eigenvalue weighted by Crippen LogP contribution is -2.37. The summed E-state index contributed by atoms with van der Waals surface area (Å²) in [6.45, 7) is 3.11. The standard InChI is InChI=1S/C23H26N4O6S/c1-16-5-11-20(12-6-16)34(30,31)27(4)18-7-9-19(10-8-18)32-15-23(29)26(3)14-22(28)24-21-13-17(2)33-25-21/h5-13H,14-15H2,1-4H3,(H,24,25,28). The largest absolute Gasteiger partial charge is 0.484 e. The van der Waals surface area contributed by atoms with Crippen LogP contribution in [0.3, 0.4) is 0 Å². The van der Waals surface area contributed by atoms with Crippen molar-refractivity contribution in [3.8, 4) is 5.75 Å². The highest BCUT2D eigenvalue weighted by Gasteiger charge is 2.21. The molecule has 1 aromatic heterocycles. The zero-order valence-corrected chi connectivity index (χ0v) is 20.1. The molecule has 34 heavy (non-hydrogen) atoms. The van der Waals surface area contributed by atoms with Gasteiger partial charge in [-0.2, -0.15) is 0 Å². The molecule has 0 aliphatic carbocycles. The number of nitrogens with zero attached hydrogens (tertiary/aromatic N) is 3. The number of benzene rings is 2. The van der Waals surface area contributed by atoms with Crippen LogP contribution in [0.5, 0.6) is 5.75 Å². The second-order valence-electron chi connectivity index (χ2n) is 7.69. The number of carbonyl (C=O) groups is 2. The maximum absolute atomic E-state index is 12.8. The lowest BCUT2D eigenvalue weighted by Gasteiger charge is -2.20. The van der Waals surface area contributed by atoms with Gasteiger partial charge in [0.15, 0.2) is 12.4 Å². The molecule has 0 saturated heterocycles. The van der Waals surface area contributed by atoms with Crippen LogP contribution in [0.1, 0.15) is 11.3 Å². The first-order valence-electron chi connectivity index (χ1n) is 10.3. The van der Waals surface area contributed by atoms with Crippen LogP contribution in [0, 0.1) is 13.8 Å². The fourth-order valence-electron chi connectivity index (χ4n) is 2.93. The van der Waals surface area contributed by atoms with Crippen LogP contribution in [0.2, 0.25) is 0 Å². The van der Waals surface area contributed by atoms with E-state index >= 15 is 0 Å². The number of hydrogen-bond donors (Lipinski definition) is 1. The Kier molecular flexibility index (Phi) is 7.57. The number of carbonyl (C=O) groups excluding carboxylic acids is 2. The molecular weight excluding hydrogens is 460 g/mol. The summed E-state index contributed by atoms with van der Waals surface area (Å²) in [6.07, 6.45) is 0. The molecule has 0 saturated carbocycles. The van der Waals surface area contributed by atoms with Crippen LogP contribution in [-0.2, 0) is 19.6 Å². The fourth-order valence-corrected chi connectivity index (χ4v) is 4.12. The van der Waals surface area contributed by atoms with Gasteiger partial charge in [-0.1, -0.05) is 22.9 Å². The Hall–Kier alpha value is -3.86. The van der Waals surface area contributed by atoms with Crippen LogP contribution < -0.4 is 14.4 Å². The first-order chi connectivity index (χ1) is 16.1. The van der Waals surface area contributed by atoms with Gasteiger partial charge in [-0.3, -0.25) is 13.9 Å². The maximum Gasteiger partial charge on any atom is 0.264 e. The molecule has 180 valence electrons. The molecule has 10 nitrogen and oxygen atoms in total. The summed E-state index contributed by atoms with van der Waals surface area (Å²) in [4.78, 5) is 25.7. The first-order valence-corrected chi connectivity index (χ1v) is 11.8. The van der Waals surface area contributed by atoms with Crippen LogP contribution in [0.15, 0.2) is 64.0 Å². The summed E-state index contributed by atoms with van der Waals surface area (Å²) in [5, 5.41) is 6.20. The molecule has 0 spiro atoms. The Balaban J connectivity index is 1.53. The number of nitrogens with one attached hydrogen (secondary N) is 1. The predicted molar refractivity (Wildman–Crippen MR) is 126 cm³/mol. The normalized spacial score (nSPS) is 11.1. The van der Waals surface area contributed by atoms with Crippen molar-refractivity contribution in [2.75, 3.05) is 36.9 Å². The van der Waals surface area contributed by atoms with Gasteiger partial charge in [0.2, 0.25) is 5.91 Å². The first kappa shape index (κ1) is 24.8. The van der Waals surface area contributed by atoms with Crippen molar-refractivity contribution in [3.63, 3.8) is 0 Å². The number of sulfonamides is 1. The minimum atomic E-state index is -3.71. The van der Waals surface area contributed by atoms with E-state index in [1.807, 2.05) is 6.92 Å². The number of rotatable bonds is 9. The molecule has 2 amide bonds. The zero-order valence-electron chi connectivity index (χ0n) is 19.3. The Morgan fingerprint density at radius 1 is 1.03 bits per heavy atom. The third-order valence-electron chi connectivity index (χ3n) is 4.94. The number of anilines is 2. The van der Waals surface area contributed by atoms with E-state index in [4.69, 9.17) is 9.26 Å². The van der Waals surface area contributed by atoms with Crippen molar-refractivity contribution in [1.82, 2.24) is 10.1 Å². The van der Waals surface area contributed by atoms with Crippen LogP contribution in [0.25, 0.3) is 0 Å². The third-order valence-corrected chi connectivity index (χ3v) is 6.74. The Labute approximate surface area is 198 Å². The van der Waals surface area contributed by atoms with E-state index in [0.29, 0.717) is 17.2 Å². The Bertz CT molecular complexity index is 1250. The molecule has 1 N–H and O–H groups in total. The Morgan fingerprint density at radius 3 is 2.26 bits per heavy atom. The number of aryl methyl sites for hydroxylation is 2. The zero-order chi connectivity index (χ0) is 24.9. The van der Waals surface area contributed by atoms with E-state index in [9.17, 15) is 18.0 Å². The lowest BCUT2D eigenvalue weighted by molar-refractivity contribution is -0.135. The molecule has 0 aliphatic heterocycles. The topological polar surface area (TPSA) is 122 Å². The van der Waals surface area contributed by atoms with Gasteiger partial charge >= 0.3 is 0 Å². The number of ether oxygens (including phenoxy) is 1. The summed E-state index contributed by atoms with van der Waals surface area (Å²) >= 11 is 0. The van der Waals surface area contributed by atoms with Crippen molar-refractivity contribution < 1.29 is 27.3 Å². The van der Waals surface area contributed by atoms with Crippen LogP contribution in [0.4, 0.5) is 11.5 Å². The molecule has 0 radical (unpaired) electrons. The highest BCUT2D eigenvalue weighted by molar-refractivity contribution is 7.92. The summed E-state index contributed by atoms with van der Waals surface area (Å²) in [5.74, 6) is 0.377. The molecule has 3 aromatic rings. The Morgan fingerprint density at radius 2 is 1.68 bits per heavy atom. The molecule has 11 heteroatoms. The van der Waals surface area contributed by atoms with Gasteiger partial charge < -0.3 is 19.5 Å². The average molecular weight is 487 g/mol. The smallest absolute Gasteiger partial charge is 0.264 e. The summed E-state index contributed by atoms with van der Waals surface area (Å²) in [7, 11) is -0.761. The van der Waals surface area contributed by atoms with Crippen molar-refractivity contribution in [2.24, 2.45) is 0 Å². The van der Waals surface area contributed by atoms with Crippen LogP contribution in [-0.4, -0.2) is 57.5 Å². The van der Waals surface area contributed by atoms with E-state index in [2.05, 4.69) is 10.5 Å². The van der Waals surface area contributed by atoms with E-state index in [1.165, 1.54) is 23.3 Å². The molecule has 0 fully saturated rings. The van der Waals surface area contributed by atoms with E-state index in [1.54, 1.807) is 61.5 Å². The second kappa shape index (κ2) is 10.4. The summed E-state index contributed by atoms with van der Waals surface area (Å²) in [6, 6.07) is 14.5. The quantitative estimate of drug-likeness (QED) is 0.493. The molecule has 1 heterocycles. The van der Waals surface area contributed by atoms with Gasteiger partial charge in [0.25, 0.3) is 15.9 Å². The van der Waals surface area contributed by atoms with Gasteiger partial charge in [-0.15, -0.1) is 0 Å². The van der Waals surface area contributed by atoms with Crippen LogP contribution >= 0.6 is 0 Å². The number of aromatic nitrogens is 1. The van der Waals surface area contributed by atoms with Crippen molar-refractivity contribution in [3.05, 3.63) is 65.9 Å². The second-order valence-corrected chi connectivity index (χ2v) is 9.66. The average Bonchev–Trinajstić information content (AvgIpc) is 3.21. The van der Waals surface area contributed by atoms with E-state index in [-0.39, 0.29) is 23.9 Å². The molecular formula is C23H26N4O6S. The molecule has 3 rings (SSSR count). The maximum atomic E-state index is 12.8. The molecule has 0 aliphatic rings. The van der Waals surface area contributed by atoms with Gasteiger partial charge in [0, 0.05) is 20.2 Å². The fraction of sp³-hybridized carbons (Fsp3) is 0.261. The van der Waals surface area contributed by atoms with Crippen molar-refractivity contribution in [1.29, 1.82) is 0 Å². The number of amides is 2.